The Kier molecular flexibility index (Phi) is 3.42. The molecule has 0 aliphatic carbocycles. The number of carbonyl (C=O) groups excluding carboxylic acids is 1. The Balaban J connectivity index is 1.79. The molecule has 1 N–H and O–H groups in total. The summed E-state index contributed by atoms with van der Waals surface area (Å²) in [4.78, 5) is 14.6. The van der Waals surface area contributed by atoms with E-state index in [-0.39, 0.29) is 12.1 Å². The quantitative estimate of drug-likeness (QED) is 0.897. The largest absolute Gasteiger partial charge is 0.497 e. The van der Waals surface area contributed by atoms with E-state index in [1.807, 2.05) is 51.1 Å². The number of nitrogens with zero attached hydrogens (tertiary/aromatic N) is 1. The third-order valence-electron chi connectivity index (χ3n) is 4.94. The summed E-state index contributed by atoms with van der Waals surface area (Å²) in [6.07, 6.45) is 0.673. The first-order chi connectivity index (χ1) is 11.9. The van der Waals surface area contributed by atoms with Crippen LogP contribution in [0, 0.1) is 13.8 Å². The van der Waals surface area contributed by atoms with Crippen molar-refractivity contribution in [3.63, 3.8) is 0 Å². The fraction of sp³-hybridized carbons (Fsp3) is 0.350. The maximum absolute atomic E-state index is 12.9. The van der Waals surface area contributed by atoms with E-state index in [9.17, 15) is 4.79 Å². The van der Waals surface area contributed by atoms with Gasteiger partial charge in [0.25, 0.3) is 0 Å². The Morgan fingerprint density at radius 3 is 2.60 bits per heavy atom. The molecule has 1 fully saturated rings. The summed E-state index contributed by atoms with van der Waals surface area (Å²) in [5.41, 5.74) is 3.33. The van der Waals surface area contributed by atoms with Crippen molar-refractivity contribution in [2.45, 2.75) is 39.0 Å². The van der Waals surface area contributed by atoms with Gasteiger partial charge in [0.2, 0.25) is 0 Å². The van der Waals surface area contributed by atoms with Gasteiger partial charge in [-0.3, -0.25) is 4.90 Å². The molecule has 4 rings (SSSR count). The van der Waals surface area contributed by atoms with Crippen molar-refractivity contribution in [1.29, 1.82) is 0 Å². The Bertz CT molecular complexity index is 844. The lowest BCUT2D eigenvalue weighted by Crippen LogP contribution is -2.65. The molecular formula is C20H22N2O3. The zero-order valence-corrected chi connectivity index (χ0v) is 14.9. The van der Waals surface area contributed by atoms with Gasteiger partial charge in [-0.2, -0.15) is 0 Å². The molecule has 0 radical (unpaired) electrons. The van der Waals surface area contributed by atoms with Gasteiger partial charge < -0.3 is 14.8 Å². The van der Waals surface area contributed by atoms with Crippen LogP contribution < -0.4 is 19.7 Å². The fourth-order valence-corrected chi connectivity index (χ4v) is 3.95. The van der Waals surface area contributed by atoms with E-state index in [0.717, 1.165) is 33.9 Å². The minimum atomic E-state index is -0.727. The molecule has 0 spiro atoms. The number of ether oxygens (including phenoxy) is 2. The lowest BCUT2D eigenvalue weighted by atomic mass is 9.90. The standard InChI is InChI=1S/C20H22N2O3/c1-12-7-13(2)9-14(8-12)22-19(23)21-17-11-20(22,3)25-18-6-5-15(24-4)10-16(17)18/h5-10,17H,11H2,1-4H3,(H,21,23). The van der Waals surface area contributed by atoms with E-state index < -0.39 is 5.72 Å². The number of aryl methyl sites for hydroxylation is 2. The normalized spacial score (nSPS) is 24.2. The molecule has 130 valence electrons. The van der Waals surface area contributed by atoms with Crippen molar-refractivity contribution in [2.24, 2.45) is 0 Å². The molecule has 2 aliphatic heterocycles. The Morgan fingerprint density at radius 2 is 1.92 bits per heavy atom. The summed E-state index contributed by atoms with van der Waals surface area (Å²) >= 11 is 0. The van der Waals surface area contributed by atoms with Crippen LogP contribution in [-0.2, 0) is 0 Å². The molecule has 5 heteroatoms. The summed E-state index contributed by atoms with van der Waals surface area (Å²) in [6.45, 7) is 6.04. The van der Waals surface area contributed by atoms with Crippen LogP contribution in [0.5, 0.6) is 11.5 Å². The average molecular weight is 338 g/mol. The molecule has 2 atom stereocenters. The molecule has 2 amide bonds. The highest BCUT2D eigenvalue weighted by atomic mass is 16.5. The van der Waals surface area contributed by atoms with E-state index in [0.29, 0.717) is 6.42 Å². The second-order valence-corrected chi connectivity index (χ2v) is 7.07. The predicted molar refractivity (Wildman–Crippen MR) is 96.3 cm³/mol. The van der Waals surface area contributed by atoms with E-state index in [4.69, 9.17) is 9.47 Å². The molecule has 2 bridgehead atoms. The molecular weight excluding hydrogens is 316 g/mol. The minimum absolute atomic E-state index is 0.0847. The molecule has 2 aromatic rings. The third-order valence-corrected chi connectivity index (χ3v) is 4.94. The average Bonchev–Trinajstić information content (AvgIpc) is 2.52. The van der Waals surface area contributed by atoms with Crippen molar-refractivity contribution in [2.75, 3.05) is 12.0 Å². The topological polar surface area (TPSA) is 50.8 Å². The van der Waals surface area contributed by atoms with Gasteiger partial charge in [-0.05, 0) is 62.2 Å². The fourth-order valence-electron chi connectivity index (χ4n) is 3.95. The lowest BCUT2D eigenvalue weighted by Gasteiger charge is -2.50. The number of benzene rings is 2. The summed E-state index contributed by atoms with van der Waals surface area (Å²) < 4.78 is 11.6. The number of carbonyl (C=O) groups is 1. The monoisotopic (exact) mass is 338 g/mol. The second-order valence-electron chi connectivity index (χ2n) is 7.07. The summed E-state index contributed by atoms with van der Waals surface area (Å²) in [5, 5.41) is 3.12. The van der Waals surface area contributed by atoms with Gasteiger partial charge in [-0.1, -0.05) is 6.07 Å². The van der Waals surface area contributed by atoms with Crippen LogP contribution in [0.1, 0.15) is 36.1 Å². The predicted octanol–water partition coefficient (Wildman–Crippen LogP) is 4.08. The SMILES string of the molecule is COc1ccc2c(c1)C1CC(C)(O2)N(c2cc(C)cc(C)c2)C(=O)N1. The molecule has 2 unspecified atom stereocenters. The molecule has 2 aromatic carbocycles. The molecule has 25 heavy (non-hydrogen) atoms. The van der Waals surface area contributed by atoms with Crippen molar-refractivity contribution in [1.82, 2.24) is 5.32 Å². The van der Waals surface area contributed by atoms with Crippen LogP contribution >= 0.6 is 0 Å². The van der Waals surface area contributed by atoms with E-state index in [1.165, 1.54) is 0 Å². The number of amides is 2. The number of hydrogen-bond donors (Lipinski definition) is 1. The van der Waals surface area contributed by atoms with E-state index in [2.05, 4.69) is 11.4 Å². The van der Waals surface area contributed by atoms with Crippen molar-refractivity contribution < 1.29 is 14.3 Å². The zero-order chi connectivity index (χ0) is 17.8. The van der Waals surface area contributed by atoms with Gasteiger partial charge in [0.1, 0.15) is 11.5 Å². The number of fused-ring (bicyclic) bond motifs is 4. The Labute approximate surface area is 147 Å². The van der Waals surface area contributed by atoms with Crippen LogP contribution in [0.15, 0.2) is 36.4 Å². The molecule has 5 nitrogen and oxygen atoms in total. The van der Waals surface area contributed by atoms with Gasteiger partial charge in [0, 0.05) is 17.7 Å². The minimum Gasteiger partial charge on any atom is -0.497 e. The Morgan fingerprint density at radius 1 is 1.20 bits per heavy atom. The summed E-state index contributed by atoms with van der Waals surface area (Å²) in [6, 6.07) is 11.6. The summed E-state index contributed by atoms with van der Waals surface area (Å²) in [7, 11) is 1.64. The van der Waals surface area contributed by atoms with Crippen LogP contribution in [0.4, 0.5) is 10.5 Å². The number of methoxy groups -OCH3 is 1. The smallest absolute Gasteiger partial charge is 0.325 e. The van der Waals surface area contributed by atoms with Crippen molar-refractivity contribution >= 4 is 11.7 Å². The van der Waals surface area contributed by atoms with Crippen LogP contribution in [0.3, 0.4) is 0 Å². The van der Waals surface area contributed by atoms with Crippen LogP contribution in [0.25, 0.3) is 0 Å². The maximum atomic E-state index is 12.9. The van der Waals surface area contributed by atoms with Gasteiger partial charge in [0.05, 0.1) is 13.2 Å². The number of anilines is 1. The maximum Gasteiger partial charge on any atom is 0.325 e. The number of hydrogen-bond acceptors (Lipinski definition) is 3. The first kappa shape index (κ1) is 15.8. The highest BCUT2D eigenvalue weighted by Crippen LogP contribution is 2.46. The second kappa shape index (κ2) is 5.41. The van der Waals surface area contributed by atoms with Gasteiger partial charge >= 0.3 is 6.03 Å². The van der Waals surface area contributed by atoms with Crippen LogP contribution in [0.2, 0.25) is 0 Å². The molecule has 1 saturated heterocycles. The van der Waals surface area contributed by atoms with Crippen molar-refractivity contribution in [3.05, 3.63) is 53.1 Å². The Hall–Kier alpha value is -2.69. The molecule has 2 heterocycles. The summed E-state index contributed by atoms with van der Waals surface area (Å²) in [5.74, 6) is 1.55. The number of nitrogens with one attached hydrogen (secondary N) is 1. The number of rotatable bonds is 2. The third kappa shape index (κ3) is 2.51. The number of urea groups is 1. The highest BCUT2D eigenvalue weighted by molar-refractivity contribution is 5.95. The van der Waals surface area contributed by atoms with Crippen LogP contribution in [-0.4, -0.2) is 18.9 Å². The van der Waals surface area contributed by atoms with Crippen molar-refractivity contribution in [3.8, 4) is 11.5 Å². The first-order valence-corrected chi connectivity index (χ1v) is 8.45. The highest BCUT2D eigenvalue weighted by Gasteiger charge is 2.50. The van der Waals surface area contributed by atoms with Gasteiger partial charge in [-0.25, -0.2) is 4.79 Å². The molecule has 0 saturated carbocycles. The zero-order valence-electron chi connectivity index (χ0n) is 14.9. The van der Waals surface area contributed by atoms with E-state index in [1.54, 1.807) is 12.0 Å². The van der Waals surface area contributed by atoms with E-state index >= 15 is 0 Å². The molecule has 2 aliphatic rings. The lowest BCUT2D eigenvalue weighted by molar-refractivity contribution is 0.0377. The first-order valence-electron chi connectivity index (χ1n) is 8.45. The molecule has 0 aromatic heterocycles. The van der Waals surface area contributed by atoms with Gasteiger partial charge in [0.15, 0.2) is 5.72 Å². The van der Waals surface area contributed by atoms with Gasteiger partial charge in [-0.15, -0.1) is 0 Å².